The van der Waals surface area contributed by atoms with Crippen LogP contribution in [-0.4, -0.2) is 35.9 Å². The standard InChI is InChI=1S/C20H23NO4S/c1-25-17-8-5-9-18(13-17)26-14-19(22)21-16(10-11-20(23)24)12-15-6-3-2-4-7-15/h2-9,13,16H,10-12,14H2,1H3,(H,21,22)(H,23,24). The summed E-state index contributed by atoms with van der Waals surface area (Å²) in [5.41, 5.74) is 1.07. The van der Waals surface area contributed by atoms with Gasteiger partial charge in [0.2, 0.25) is 5.91 Å². The summed E-state index contributed by atoms with van der Waals surface area (Å²) in [5.74, 6) is 0.0527. The zero-order valence-corrected chi connectivity index (χ0v) is 15.5. The third-order valence-electron chi connectivity index (χ3n) is 3.81. The largest absolute Gasteiger partial charge is 0.497 e. The lowest BCUT2D eigenvalue weighted by atomic mass is 10.0. The summed E-state index contributed by atoms with van der Waals surface area (Å²) in [6.07, 6.45) is 1.05. The van der Waals surface area contributed by atoms with Crippen molar-refractivity contribution in [2.45, 2.75) is 30.2 Å². The van der Waals surface area contributed by atoms with Crippen LogP contribution in [0.15, 0.2) is 59.5 Å². The molecule has 0 aliphatic heterocycles. The van der Waals surface area contributed by atoms with E-state index in [0.717, 1.165) is 16.2 Å². The predicted molar refractivity (Wildman–Crippen MR) is 103 cm³/mol. The van der Waals surface area contributed by atoms with Crippen LogP contribution in [0.25, 0.3) is 0 Å². The summed E-state index contributed by atoms with van der Waals surface area (Å²) in [4.78, 5) is 24.1. The molecule has 1 atom stereocenters. The molecule has 0 aromatic heterocycles. The molecule has 2 rings (SSSR count). The molecule has 0 saturated carbocycles. The van der Waals surface area contributed by atoms with Crippen LogP contribution in [0.5, 0.6) is 5.75 Å². The molecule has 0 radical (unpaired) electrons. The Morgan fingerprint density at radius 3 is 2.62 bits per heavy atom. The van der Waals surface area contributed by atoms with Gasteiger partial charge in [-0.05, 0) is 36.6 Å². The first-order chi connectivity index (χ1) is 12.6. The number of carbonyl (C=O) groups is 2. The molecule has 138 valence electrons. The Labute approximate surface area is 157 Å². The van der Waals surface area contributed by atoms with Crippen molar-refractivity contribution < 1.29 is 19.4 Å². The van der Waals surface area contributed by atoms with Crippen LogP contribution in [0.2, 0.25) is 0 Å². The Morgan fingerprint density at radius 1 is 1.15 bits per heavy atom. The Hall–Kier alpha value is -2.47. The maximum absolute atomic E-state index is 12.3. The third-order valence-corrected chi connectivity index (χ3v) is 4.80. The maximum atomic E-state index is 12.3. The summed E-state index contributed by atoms with van der Waals surface area (Å²) in [6, 6.07) is 17.1. The third kappa shape index (κ3) is 7.19. The van der Waals surface area contributed by atoms with Gasteiger partial charge in [-0.25, -0.2) is 0 Å². The fourth-order valence-corrected chi connectivity index (χ4v) is 3.29. The maximum Gasteiger partial charge on any atom is 0.303 e. The molecule has 1 unspecified atom stereocenters. The number of hydrogen-bond acceptors (Lipinski definition) is 4. The molecular formula is C20H23NO4S. The van der Waals surface area contributed by atoms with Crippen LogP contribution in [-0.2, 0) is 16.0 Å². The van der Waals surface area contributed by atoms with Gasteiger partial charge in [0.1, 0.15) is 5.75 Å². The van der Waals surface area contributed by atoms with Crippen molar-refractivity contribution in [3.05, 3.63) is 60.2 Å². The molecular weight excluding hydrogens is 350 g/mol. The number of nitrogens with one attached hydrogen (secondary N) is 1. The molecule has 6 heteroatoms. The van der Waals surface area contributed by atoms with Gasteiger partial charge in [-0.3, -0.25) is 9.59 Å². The van der Waals surface area contributed by atoms with E-state index < -0.39 is 5.97 Å². The minimum absolute atomic E-state index is 0.0286. The molecule has 2 aromatic rings. The van der Waals surface area contributed by atoms with Crippen molar-refractivity contribution in [3.8, 4) is 5.75 Å². The van der Waals surface area contributed by atoms with Crippen LogP contribution in [0, 0.1) is 0 Å². The molecule has 2 aromatic carbocycles. The minimum atomic E-state index is -0.858. The number of carboxylic acid groups (broad SMARTS) is 1. The highest BCUT2D eigenvalue weighted by atomic mass is 32.2. The Balaban J connectivity index is 1.90. The first kappa shape index (κ1) is 19.8. The lowest BCUT2D eigenvalue weighted by molar-refractivity contribution is -0.137. The van der Waals surface area contributed by atoms with Gasteiger partial charge in [-0.1, -0.05) is 36.4 Å². The van der Waals surface area contributed by atoms with Crippen LogP contribution in [0.3, 0.4) is 0 Å². The van der Waals surface area contributed by atoms with Gasteiger partial charge < -0.3 is 15.2 Å². The zero-order valence-electron chi connectivity index (χ0n) is 14.7. The second-order valence-electron chi connectivity index (χ2n) is 5.85. The van der Waals surface area contributed by atoms with Crippen molar-refractivity contribution in [2.75, 3.05) is 12.9 Å². The number of ether oxygens (including phenoxy) is 1. The van der Waals surface area contributed by atoms with E-state index in [-0.39, 0.29) is 24.1 Å². The number of benzene rings is 2. The van der Waals surface area contributed by atoms with Gasteiger partial charge in [-0.15, -0.1) is 11.8 Å². The molecule has 0 saturated heterocycles. The summed E-state index contributed by atoms with van der Waals surface area (Å²) >= 11 is 1.42. The fourth-order valence-electron chi connectivity index (χ4n) is 2.53. The molecule has 0 fully saturated rings. The van der Waals surface area contributed by atoms with Crippen LogP contribution in [0.4, 0.5) is 0 Å². The van der Waals surface area contributed by atoms with E-state index in [0.29, 0.717) is 12.8 Å². The van der Waals surface area contributed by atoms with Gasteiger partial charge in [0.25, 0.3) is 0 Å². The number of hydrogen-bond donors (Lipinski definition) is 2. The normalized spacial score (nSPS) is 11.6. The Morgan fingerprint density at radius 2 is 1.92 bits per heavy atom. The number of carbonyl (C=O) groups excluding carboxylic acids is 1. The Bertz CT molecular complexity index is 721. The number of rotatable bonds is 10. The van der Waals surface area contributed by atoms with E-state index in [1.165, 1.54) is 11.8 Å². The number of amides is 1. The number of aliphatic carboxylic acids is 1. The van der Waals surface area contributed by atoms with Crippen molar-refractivity contribution in [2.24, 2.45) is 0 Å². The topological polar surface area (TPSA) is 75.6 Å². The molecule has 0 heterocycles. The average molecular weight is 373 g/mol. The zero-order chi connectivity index (χ0) is 18.8. The molecule has 0 aliphatic rings. The van der Waals surface area contributed by atoms with Crippen molar-refractivity contribution >= 4 is 23.6 Å². The van der Waals surface area contributed by atoms with Crippen LogP contribution in [0.1, 0.15) is 18.4 Å². The summed E-state index contributed by atoms with van der Waals surface area (Å²) in [6.45, 7) is 0. The number of methoxy groups -OCH3 is 1. The molecule has 0 bridgehead atoms. The van der Waals surface area contributed by atoms with E-state index >= 15 is 0 Å². The summed E-state index contributed by atoms with van der Waals surface area (Å²) in [7, 11) is 1.60. The summed E-state index contributed by atoms with van der Waals surface area (Å²) < 4.78 is 5.18. The van der Waals surface area contributed by atoms with E-state index in [1.54, 1.807) is 7.11 Å². The first-order valence-electron chi connectivity index (χ1n) is 8.38. The van der Waals surface area contributed by atoms with Crippen molar-refractivity contribution in [3.63, 3.8) is 0 Å². The lowest BCUT2D eigenvalue weighted by Crippen LogP contribution is -2.38. The van der Waals surface area contributed by atoms with Crippen molar-refractivity contribution in [1.29, 1.82) is 0 Å². The number of thioether (sulfide) groups is 1. The van der Waals surface area contributed by atoms with E-state index in [9.17, 15) is 9.59 Å². The second kappa shape index (κ2) is 10.5. The van der Waals surface area contributed by atoms with Gasteiger partial charge in [-0.2, -0.15) is 0 Å². The number of carboxylic acids is 1. The highest BCUT2D eigenvalue weighted by molar-refractivity contribution is 8.00. The second-order valence-corrected chi connectivity index (χ2v) is 6.90. The SMILES string of the molecule is COc1cccc(SCC(=O)NC(CCC(=O)O)Cc2ccccc2)c1. The summed E-state index contributed by atoms with van der Waals surface area (Å²) in [5, 5.41) is 11.9. The predicted octanol–water partition coefficient (Wildman–Crippen LogP) is 3.38. The molecule has 1 amide bonds. The van der Waals surface area contributed by atoms with E-state index in [2.05, 4.69) is 5.32 Å². The van der Waals surface area contributed by atoms with Gasteiger partial charge >= 0.3 is 5.97 Å². The van der Waals surface area contributed by atoms with Crippen LogP contribution >= 0.6 is 11.8 Å². The molecule has 0 aliphatic carbocycles. The average Bonchev–Trinajstić information content (AvgIpc) is 2.65. The van der Waals surface area contributed by atoms with E-state index in [1.807, 2.05) is 54.6 Å². The first-order valence-corrected chi connectivity index (χ1v) is 9.37. The lowest BCUT2D eigenvalue weighted by Gasteiger charge is -2.18. The van der Waals surface area contributed by atoms with Crippen LogP contribution < -0.4 is 10.1 Å². The Kier molecular flexibility index (Phi) is 8.02. The van der Waals surface area contributed by atoms with Gasteiger partial charge in [0, 0.05) is 17.4 Å². The highest BCUT2D eigenvalue weighted by Crippen LogP contribution is 2.22. The van der Waals surface area contributed by atoms with Gasteiger partial charge in [0.15, 0.2) is 0 Å². The highest BCUT2D eigenvalue weighted by Gasteiger charge is 2.15. The monoisotopic (exact) mass is 373 g/mol. The van der Waals surface area contributed by atoms with Crippen molar-refractivity contribution in [1.82, 2.24) is 5.32 Å². The minimum Gasteiger partial charge on any atom is -0.497 e. The fraction of sp³-hybridized carbons (Fsp3) is 0.300. The van der Waals surface area contributed by atoms with E-state index in [4.69, 9.17) is 9.84 Å². The molecule has 5 nitrogen and oxygen atoms in total. The van der Waals surface area contributed by atoms with Gasteiger partial charge in [0.05, 0.1) is 12.9 Å². The molecule has 26 heavy (non-hydrogen) atoms. The molecule has 2 N–H and O–H groups in total. The quantitative estimate of drug-likeness (QED) is 0.625. The smallest absolute Gasteiger partial charge is 0.303 e. The molecule has 0 spiro atoms.